The van der Waals surface area contributed by atoms with Crippen LogP contribution in [0.2, 0.25) is 5.02 Å². The van der Waals surface area contributed by atoms with Crippen molar-refractivity contribution in [3.63, 3.8) is 0 Å². The van der Waals surface area contributed by atoms with E-state index in [2.05, 4.69) is 14.7 Å². The molecule has 2 aliphatic rings. The van der Waals surface area contributed by atoms with Crippen molar-refractivity contribution in [1.82, 2.24) is 14.7 Å². The van der Waals surface area contributed by atoms with Crippen molar-refractivity contribution < 1.29 is 36.3 Å². The molecule has 1 aromatic carbocycles. The highest BCUT2D eigenvalue weighted by molar-refractivity contribution is 7.92. The van der Waals surface area contributed by atoms with Gasteiger partial charge in [0.2, 0.25) is 5.78 Å². The van der Waals surface area contributed by atoms with Crippen LogP contribution in [-0.4, -0.2) is 41.2 Å². The number of hydrogen-bond donors (Lipinski definition) is 2. The molecule has 0 fully saturated rings. The second-order valence-electron chi connectivity index (χ2n) is 7.58. The monoisotopic (exact) mass is 540 g/mol. The third kappa shape index (κ3) is 4.54. The van der Waals surface area contributed by atoms with Gasteiger partial charge in [0.15, 0.2) is 11.6 Å². The van der Waals surface area contributed by atoms with Gasteiger partial charge in [-0.2, -0.15) is 17.9 Å². The fourth-order valence-corrected chi connectivity index (χ4v) is 4.81. The number of nitrogens with one attached hydrogen (secondary N) is 1. The van der Waals surface area contributed by atoms with Crippen LogP contribution in [-0.2, 0) is 16.2 Å². The molecule has 0 saturated carbocycles. The van der Waals surface area contributed by atoms with Crippen molar-refractivity contribution in [1.29, 1.82) is 0 Å². The predicted molar refractivity (Wildman–Crippen MR) is 122 cm³/mol. The Morgan fingerprint density at radius 3 is 2.58 bits per heavy atom. The molecule has 2 N–H and O–H groups in total. The number of fused-ring (bicyclic) bond motifs is 1. The molecular formula is C22H16ClF3N4O5S. The van der Waals surface area contributed by atoms with Gasteiger partial charge in [0, 0.05) is 18.0 Å². The molecule has 3 heterocycles. The molecule has 4 rings (SSSR count). The summed E-state index contributed by atoms with van der Waals surface area (Å²) in [6, 6.07) is 4.87. The quantitative estimate of drug-likeness (QED) is 0.270. The number of ether oxygens (including phenoxy) is 1. The van der Waals surface area contributed by atoms with Gasteiger partial charge < -0.3 is 9.94 Å². The number of ketones is 1. The molecule has 2 aromatic rings. The first-order valence-corrected chi connectivity index (χ1v) is 11.8. The average Bonchev–Trinajstić information content (AvgIpc) is 3.28. The number of benzene rings is 1. The summed E-state index contributed by atoms with van der Waals surface area (Å²) in [5.41, 5.74) is -1.36. The van der Waals surface area contributed by atoms with E-state index in [0.29, 0.717) is 16.4 Å². The number of sulfonamides is 1. The lowest BCUT2D eigenvalue weighted by atomic mass is 10.0. The molecule has 0 radical (unpaired) electrons. The van der Waals surface area contributed by atoms with Crippen LogP contribution in [0.5, 0.6) is 5.75 Å². The maximum absolute atomic E-state index is 13.6. The topological polar surface area (TPSA) is 123 Å². The highest BCUT2D eigenvalue weighted by Crippen LogP contribution is 2.37. The minimum absolute atomic E-state index is 0.0363. The Morgan fingerprint density at radius 2 is 1.92 bits per heavy atom. The van der Waals surface area contributed by atoms with Crippen LogP contribution in [0.4, 0.5) is 18.9 Å². The molecule has 36 heavy (non-hydrogen) atoms. The summed E-state index contributed by atoms with van der Waals surface area (Å²) < 4.78 is 73.9. The van der Waals surface area contributed by atoms with Gasteiger partial charge >= 0.3 is 6.18 Å². The number of methoxy groups -OCH3 is 1. The van der Waals surface area contributed by atoms with Gasteiger partial charge in [-0.05, 0) is 42.8 Å². The Labute approximate surface area is 207 Å². The van der Waals surface area contributed by atoms with Crippen LogP contribution < -0.4 is 9.46 Å². The zero-order valence-electron chi connectivity index (χ0n) is 18.5. The number of aryl methyl sites for hydroxylation is 1. The first-order valence-electron chi connectivity index (χ1n) is 9.97. The summed E-state index contributed by atoms with van der Waals surface area (Å²) in [6.45, 7) is 1.58. The van der Waals surface area contributed by atoms with Crippen LogP contribution in [0, 0.1) is 6.92 Å². The Hall–Kier alpha value is -3.84. The molecule has 0 unspecified atom stereocenters. The second kappa shape index (κ2) is 8.99. The molecule has 0 saturated heterocycles. The van der Waals surface area contributed by atoms with Crippen molar-refractivity contribution in [2.75, 3.05) is 11.8 Å². The van der Waals surface area contributed by atoms with Crippen LogP contribution in [0.1, 0.15) is 27.2 Å². The predicted octanol–water partition coefficient (Wildman–Crippen LogP) is 4.64. The number of carbonyl (C=O) groups excluding carboxylic acids is 1. The van der Waals surface area contributed by atoms with Gasteiger partial charge in [-0.3, -0.25) is 14.5 Å². The lowest BCUT2D eigenvalue weighted by Gasteiger charge is -2.17. The van der Waals surface area contributed by atoms with Gasteiger partial charge in [-0.25, -0.2) is 13.4 Å². The standard InChI is InChI=1S/C22H16ClF3N4O5S/c1-11-7-16(29-36(33,34)12-3-4-15(23)14(8-12)22(24,25)26)19(28-9-11)20(31)18-13-5-6-27-21(13)30(32)10-17(18)35-2/h3-10,29,32H,1-2H3. The number of rotatable bonds is 6. The molecule has 0 bridgehead atoms. The van der Waals surface area contributed by atoms with E-state index < -0.39 is 37.5 Å². The lowest BCUT2D eigenvalue weighted by molar-refractivity contribution is -0.137. The van der Waals surface area contributed by atoms with E-state index in [9.17, 15) is 31.6 Å². The number of halogens is 4. The Balaban J connectivity index is 1.82. The van der Waals surface area contributed by atoms with Crippen molar-refractivity contribution in [3.8, 4) is 17.1 Å². The third-order valence-corrected chi connectivity index (χ3v) is 6.83. The number of alkyl halides is 3. The number of pyridine rings is 2. The first-order chi connectivity index (χ1) is 16.8. The Bertz CT molecular complexity index is 1570. The minimum Gasteiger partial charge on any atom is -0.494 e. The van der Waals surface area contributed by atoms with Gasteiger partial charge in [-0.15, -0.1) is 0 Å². The lowest BCUT2D eigenvalue weighted by Crippen LogP contribution is -2.19. The van der Waals surface area contributed by atoms with Crippen molar-refractivity contribution in [3.05, 3.63) is 76.3 Å². The fraction of sp³-hybridized carbons (Fsp3) is 0.136. The summed E-state index contributed by atoms with van der Waals surface area (Å²) in [7, 11) is -3.35. The number of carbonyl (C=O) groups is 1. The van der Waals surface area contributed by atoms with E-state index in [1.54, 1.807) is 6.92 Å². The Kier molecular flexibility index (Phi) is 6.31. The number of anilines is 1. The summed E-state index contributed by atoms with van der Waals surface area (Å²) in [5.74, 6) is -0.795. The molecule has 9 nitrogen and oxygen atoms in total. The zero-order valence-corrected chi connectivity index (χ0v) is 20.0. The fourth-order valence-electron chi connectivity index (χ4n) is 3.50. The summed E-state index contributed by atoms with van der Waals surface area (Å²) in [6.07, 6.45) is -1.12. The molecule has 188 valence electrons. The maximum Gasteiger partial charge on any atom is 0.417 e. The summed E-state index contributed by atoms with van der Waals surface area (Å²) in [5, 5.41) is 9.42. The average molecular weight is 541 g/mol. The largest absolute Gasteiger partial charge is 0.494 e. The third-order valence-electron chi connectivity index (χ3n) is 5.14. The SMILES string of the molecule is COc1cn(O)c2nccc-2c1C(=O)c1ncc(C)cc1NS(=O)(=O)c1ccc(Cl)c(C(F)(F)F)c1. The summed E-state index contributed by atoms with van der Waals surface area (Å²) in [4.78, 5) is 20.9. The first kappa shape index (κ1) is 25.3. The zero-order chi connectivity index (χ0) is 26.4. The van der Waals surface area contributed by atoms with Crippen LogP contribution in [0.25, 0.3) is 11.4 Å². The maximum atomic E-state index is 13.6. The van der Waals surface area contributed by atoms with Crippen molar-refractivity contribution in [2.45, 2.75) is 18.0 Å². The molecule has 2 aliphatic heterocycles. The minimum atomic E-state index is -4.89. The number of hydrogen-bond acceptors (Lipinski definition) is 7. The Morgan fingerprint density at radius 1 is 1.19 bits per heavy atom. The highest BCUT2D eigenvalue weighted by Gasteiger charge is 2.35. The normalized spacial score (nSPS) is 12.1. The number of nitrogens with zero attached hydrogens (tertiary/aromatic N) is 3. The summed E-state index contributed by atoms with van der Waals surface area (Å²) >= 11 is 5.60. The molecule has 0 amide bonds. The van der Waals surface area contributed by atoms with E-state index in [4.69, 9.17) is 16.3 Å². The van der Waals surface area contributed by atoms with Crippen molar-refractivity contribution in [2.24, 2.45) is 0 Å². The molecule has 0 aliphatic carbocycles. The molecule has 1 aromatic heterocycles. The van der Waals surface area contributed by atoms with E-state index in [0.717, 1.165) is 18.3 Å². The van der Waals surface area contributed by atoms with Crippen LogP contribution >= 0.6 is 11.6 Å². The second-order valence-corrected chi connectivity index (χ2v) is 9.67. The van der Waals surface area contributed by atoms with E-state index in [1.807, 2.05) is 0 Å². The van der Waals surface area contributed by atoms with Gasteiger partial charge in [0.1, 0.15) is 5.69 Å². The van der Waals surface area contributed by atoms with Gasteiger partial charge in [-0.1, -0.05) is 11.6 Å². The molecular weight excluding hydrogens is 525 g/mol. The van der Waals surface area contributed by atoms with Crippen LogP contribution in [0.3, 0.4) is 0 Å². The van der Waals surface area contributed by atoms with Crippen LogP contribution in [0.15, 0.2) is 53.8 Å². The molecule has 0 atom stereocenters. The van der Waals surface area contributed by atoms with E-state index in [-0.39, 0.29) is 34.1 Å². The van der Waals surface area contributed by atoms with E-state index >= 15 is 0 Å². The molecule has 0 spiro atoms. The van der Waals surface area contributed by atoms with Gasteiger partial charge in [0.05, 0.1) is 40.0 Å². The van der Waals surface area contributed by atoms with Gasteiger partial charge in [0.25, 0.3) is 10.0 Å². The number of aromatic nitrogens is 3. The van der Waals surface area contributed by atoms with Crippen molar-refractivity contribution >= 4 is 33.1 Å². The highest BCUT2D eigenvalue weighted by atomic mass is 35.5. The smallest absolute Gasteiger partial charge is 0.417 e. The van der Waals surface area contributed by atoms with E-state index in [1.165, 1.54) is 31.6 Å². The molecule has 14 heteroatoms.